The Bertz CT molecular complexity index is 589. The van der Waals surface area contributed by atoms with Crippen LogP contribution in [0.3, 0.4) is 0 Å². The van der Waals surface area contributed by atoms with Crippen LogP contribution in [0.2, 0.25) is 0 Å². The summed E-state index contributed by atoms with van der Waals surface area (Å²) in [7, 11) is -0.516. The molecule has 0 amide bonds. The van der Waals surface area contributed by atoms with Crippen LogP contribution in [0.5, 0.6) is 5.75 Å². The molecule has 27 heavy (non-hydrogen) atoms. The molecule has 1 saturated carbocycles. The maximum absolute atomic E-state index is 12.6. The molecule has 1 aliphatic carbocycles. The summed E-state index contributed by atoms with van der Waals surface area (Å²) >= 11 is 1.62. The van der Waals surface area contributed by atoms with Crippen LogP contribution < -0.4 is 4.74 Å². The minimum Gasteiger partial charge on any atom is -0.493 e. The number of rotatable bonds is 11. The maximum Gasteiger partial charge on any atom is 0.329 e. The zero-order valence-corrected chi connectivity index (χ0v) is 18.3. The van der Waals surface area contributed by atoms with Crippen molar-refractivity contribution < 1.29 is 18.8 Å². The molecule has 1 aliphatic rings. The lowest BCUT2D eigenvalue weighted by molar-refractivity contribution is -0.148. The third kappa shape index (κ3) is 7.12. The molecule has 0 aromatic heterocycles. The molecular weight excluding hydrogens is 379 g/mol. The lowest BCUT2D eigenvalue weighted by Gasteiger charge is -2.26. The number of thioether (sulfide) groups is 1. The molecule has 3 atom stereocenters. The smallest absolute Gasteiger partial charge is 0.329 e. The molecule has 0 aliphatic heterocycles. The fourth-order valence-electron chi connectivity index (χ4n) is 3.71. The molecule has 4 nitrogen and oxygen atoms in total. The number of ether oxygens (including phenoxy) is 2. The van der Waals surface area contributed by atoms with E-state index in [0.29, 0.717) is 24.9 Å². The summed E-state index contributed by atoms with van der Waals surface area (Å²) in [5, 5.41) is 0. The molecule has 1 aromatic carbocycles. The molecule has 1 fully saturated rings. The van der Waals surface area contributed by atoms with E-state index in [1.54, 1.807) is 11.8 Å². The monoisotopic (exact) mass is 411 g/mol. The number of carbonyl (C=O) groups is 1. The molecule has 0 heterocycles. The number of hydrogen-bond acceptors (Lipinski definition) is 5. The van der Waals surface area contributed by atoms with Gasteiger partial charge in [-0.05, 0) is 38.3 Å². The van der Waals surface area contributed by atoms with E-state index in [-0.39, 0.29) is 17.5 Å². The Morgan fingerprint density at radius 2 is 1.93 bits per heavy atom. The predicted molar refractivity (Wildman–Crippen MR) is 112 cm³/mol. The number of hydrogen-bond donors (Lipinski definition) is 0. The summed E-state index contributed by atoms with van der Waals surface area (Å²) in [6, 6.07) is 7.89. The first-order valence-corrected chi connectivity index (χ1v) is 12.1. The zero-order valence-electron chi connectivity index (χ0n) is 16.4. The summed E-state index contributed by atoms with van der Waals surface area (Å²) in [5.74, 6) is 1.55. The van der Waals surface area contributed by atoms with Crippen LogP contribution in [-0.4, -0.2) is 30.6 Å². The molecule has 3 unspecified atom stereocenters. The zero-order chi connectivity index (χ0) is 19.5. The van der Waals surface area contributed by atoms with Crippen LogP contribution in [0.25, 0.3) is 0 Å². The van der Waals surface area contributed by atoms with Gasteiger partial charge in [0.2, 0.25) is 0 Å². The van der Waals surface area contributed by atoms with Gasteiger partial charge in [0.25, 0.3) is 0 Å². The van der Waals surface area contributed by atoms with Crippen molar-refractivity contribution in [3.63, 3.8) is 0 Å². The SMILES string of the molecule is CCOC(=O)C(CC1CCCCC1)C(CSc1ccccc1OCC)[PH+]=O. The van der Waals surface area contributed by atoms with Crippen molar-refractivity contribution in [2.24, 2.45) is 11.8 Å². The highest BCUT2D eigenvalue weighted by molar-refractivity contribution is 7.99. The van der Waals surface area contributed by atoms with E-state index in [4.69, 9.17) is 9.47 Å². The molecule has 0 radical (unpaired) electrons. The van der Waals surface area contributed by atoms with Gasteiger partial charge in [-0.25, -0.2) is 0 Å². The third-order valence-electron chi connectivity index (χ3n) is 5.11. The van der Waals surface area contributed by atoms with E-state index in [1.165, 1.54) is 32.1 Å². The quantitative estimate of drug-likeness (QED) is 0.265. The first-order valence-electron chi connectivity index (χ1n) is 10.1. The molecule has 150 valence electrons. The van der Waals surface area contributed by atoms with Crippen molar-refractivity contribution in [2.75, 3.05) is 19.0 Å². The Morgan fingerprint density at radius 3 is 2.59 bits per heavy atom. The molecule has 0 bridgehead atoms. The van der Waals surface area contributed by atoms with Crippen molar-refractivity contribution in [1.29, 1.82) is 0 Å². The van der Waals surface area contributed by atoms with Gasteiger partial charge >= 0.3 is 14.4 Å². The van der Waals surface area contributed by atoms with Gasteiger partial charge in [0.05, 0.1) is 13.2 Å². The van der Waals surface area contributed by atoms with Gasteiger partial charge in [0.1, 0.15) is 11.7 Å². The molecule has 0 spiro atoms. The molecule has 0 N–H and O–H groups in total. The molecule has 2 rings (SSSR count). The van der Waals surface area contributed by atoms with E-state index in [2.05, 4.69) is 0 Å². The van der Waals surface area contributed by atoms with Crippen LogP contribution in [-0.2, 0) is 14.1 Å². The van der Waals surface area contributed by atoms with Crippen molar-refractivity contribution in [1.82, 2.24) is 0 Å². The van der Waals surface area contributed by atoms with Crippen molar-refractivity contribution in [3.8, 4) is 5.75 Å². The van der Waals surface area contributed by atoms with E-state index >= 15 is 0 Å². The second kappa shape index (κ2) is 12.4. The van der Waals surface area contributed by atoms with Gasteiger partial charge in [-0.1, -0.05) is 48.8 Å². The topological polar surface area (TPSA) is 52.6 Å². The van der Waals surface area contributed by atoms with E-state index in [0.717, 1.165) is 17.1 Å². The average Bonchev–Trinajstić information content (AvgIpc) is 2.70. The Labute approximate surface area is 169 Å². The number of carbonyl (C=O) groups excluding carboxylic acids is 1. The Balaban J connectivity index is 2.06. The normalized spacial score (nSPS) is 17.4. The second-order valence-corrected chi connectivity index (χ2v) is 9.05. The van der Waals surface area contributed by atoms with Gasteiger partial charge in [-0.3, -0.25) is 4.79 Å². The fourth-order valence-corrected chi connectivity index (χ4v) is 5.71. The lowest BCUT2D eigenvalue weighted by Crippen LogP contribution is -2.31. The van der Waals surface area contributed by atoms with Crippen molar-refractivity contribution in [3.05, 3.63) is 24.3 Å². The number of esters is 1. The predicted octanol–water partition coefficient (Wildman–Crippen LogP) is 5.72. The minimum atomic E-state index is -0.516. The van der Waals surface area contributed by atoms with E-state index in [1.807, 2.05) is 38.1 Å². The molecule has 6 heteroatoms. The van der Waals surface area contributed by atoms with Crippen LogP contribution in [0.1, 0.15) is 52.4 Å². The first kappa shape index (κ1) is 22.2. The summed E-state index contributed by atoms with van der Waals surface area (Å²) in [5.41, 5.74) is -0.189. The standard InChI is InChI=1S/C21H31O4PS/c1-3-24-18-12-8-9-13-20(18)27-15-19(26-23)17(21(22)25-4-2)14-16-10-6-5-7-11-16/h8-9,12-13,16-17,19H,3-7,10-11,14-15H2,1-2H3/p+1. The Morgan fingerprint density at radius 1 is 1.19 bits per heavy atom. The van der Waals surface area contributed by atoms with Gasteiger partial charge in [0, 0.05) is 10.6 Å². The van der Waals surface area contributed by atoms with Gasteiger partial charge in [-0.2, -0.15) is 0 Å². The third-order valence-corrected chi connectivity index (χ3v) is 7.49. The lowest BCUT2D eigenvalue weighted by atomic mass is 9.82. The first-order chi connectivity index (χ1) is 13.2. The largest absolute Gasteiger partial charge is 0.493 e. The molecule has 0 saturated heterocycles. The summed E-state index contributed by atoms with van der Waals surface area (Å²) < 4.78 is 23.0. The van der Waals surface area contributed by atoms with Gasteiger partial charge < -0.3 is 9.47 Å². The second-order valence-electron chi connectivity index (χ2n) is 7.01. The number of para-hydroxylation sites is 1. The Hall–Kier alpha value is -1.06. The van der Waals surface area contributed by atoms with Crippen LogP contribution in [0.4, 0.5) is 0 Å². The maximum atomic E-state index is 12.6. The van der Waals surface area contributed by atoms with Crippen molar-refractivity contribution in [2.45, 2.75) is 62.9 Å². The fraction of sp³-hybridized carbons (Fsp3) is 0.667. The summed E-state index contributed by atoms with van der Waals surface area (Å²) in [6.07, 6.45) is 6.90. The van der Waals surface area contributed by atoms with E-state index in [9.17, 15) is 9.36 Å². The van der Waals surface area contributed by atoms with E-state index < -0.39 is 8.46 Å². The average molecular weight is 412 g/mol. The minimum absolute atomic E-state index is 0.185. The van der Waals surface area contributed by atoms with Crippen molar-refractivity contribution >= 4 is 26.2 Å². The highest BCUT2D eigenvalue weighted by Gasteiger charge is 2.37. The van der Waals surface area contributed by atoms with Gasteiger partial charge in [0.15, 0.2) is 5.66 Å². The van der Waals surface area contributed by atoms with Crippen LogP contribution >= 0.6 is 20.2 Å². The molecule has 1 aromatic rings. The number of benzene rings is 1. The van der Waals surface area contributed by atoms with Gasteiger partial charge in [-0.15, -0.1) is 11.8 Å². The summed E-state index contributed by atoms with van der Waals surface area (Å²) in [6.45, 7) is 4.77. The highest BCUT2D eigenvalue weighted by Crippen LogP contribution is 2.37. The Kier molecular flexibility index (Phi) is 10.2. The van der Waals surface area contributed by atoms with Crippen LogP contribution in [0.15, 0.2) is 29.2 Å². The highest BCUT2D eigenvalue weighted by atomic mass is 32.2. The summed E-state index contributed by atoms with van der Waals surface area (Å²) in [4.78, 5) is 13.6. The molecular formula is C21H32O4PS+. The van der Waals surface area contributed by atoms with Crippen LogP contribution in [0, 0.1) is 11.8 Å².